The fourth-order valence-electron chi connectivity index (χ4n) is 3.21. The first-order valence-electron chi connectivity index (χ1n) is 10.6. The Labute approximate surface area is 222 Å². The molecule has 0 saturated heterocycles. The van der Waals surface area contributed by atoms with Gasteiger partial charge in [-0.15, -0.1) is 16.8 Å². The van der Waals surface area contributed by atoms with Gasteiger partial charge in [0.15, 0.2) is 11.0 Å². The zero-order valence-electron chi connectivity index (χ0n) is 19.5. The maximum Gasteiger partial charge on any atom is 0.337 e. The summed E-state index contributed by atoms with van der Waals surface area (Å²) in [5.74, 6) is -0.651. The Balaban J connectivity index is 1.67. The molecule has 1 heterocycles. The summed E-state index contributed by atoms with van der Waals surface area (Å²) in [6.07, 6.45) is 1.67. The number of nitrogens with zero attached hydrogens (tertiary/aromatic N) is 3. The van der Waals surface area contributed by atoms with E-state index < -0.39 is 12.0 Å². The molecule has 0 aliphatic rings. The monoisotopic (exact) mass is 547 g/mol. The molecule has 0 radical (unpaired) electrons. The van der Waals surface area contributed by atoms with Crippen LogP contribution in [-0.2, 0) is 16.1 Å². The fourth-order valence-corrected chi connectivity index (χ4v) is 4.46. The van der Waals surface area contributed by atoms with Crippen LogP contribution in [0, 0.1) is 0 Å². The van der Waals surface area contributed by atoms with Gasteiger partial charge in [-0.2, -0.15) is 0 Å². The molecule has 9 nitrogen and oxygen atoms in total. The van der Waals surface area contributed by atoms with Crippen LogP contribution in [0.15, 0.2) is 60.3 Å². The van der Waals surface area contributed by atoms with E-state index in [1.54, 1.807) is 47.9 Å². The number of nitrogens with one attached hydrogen (secondary N) is 2. The maximum absolute atomic E-state index is 12.7. The van der Waals surface area contributed by atoms with Crippen molar-refractivity contribution in [2.24, 2.45) is 0 Å². The number of hydrogen-bond donors (Lipinski definition) is 2. The summed E-state index contributed by atoms with van der Waals surface area (Å²) < 4.78 is 6.46. The molecule has 0 aliphatic carbocycles. The lowest BCUT2D eigenvalue weighted by Gasteiger charge is -2.16. The Morgan fingerprint density at radius 2 is 1.97 bits per heavy atom. The Kier molecular flexibility index (Phi) is 9.51. The summed E-state index contributed by atoms with van der Waals surface area (Å²) in [5, 5.41) is 15.1. The zero-order chi connectivity index (χ0) is 26.2. The lowest BCUT2D eigenvalue weighted by atomic mass is 10.2. The van der Waals surface area contributed by atoms with Crippen LogP contribution in [0.1, 0.15) is 39.5 Å². The molecule has 2 aromatic carbocycles. The van der Waals surface area contributed by atoms with Crippen molar-refractivity contribution in [3.8, 4) is 0 Å². The standard InChI is InChI=1S/C24H23Cl2N5O4S/c1-4-10-31-21(14(2)27-22(33)18-9-8-16(25)12-19(18)26)29-30-24(31)36-13-20(32)28-17-7-5-6-15(11-17)23(34)35-3/h4-9,11-12,14H,1,10,13H2,2-3H3,(H,27,33)(H,28,32)/t14-/m0/s1. The van der Waals surface area contributed by atoms with Crippen LogP contribution >= 0.6 is 35.0 Å². The summed E-state index contributed by atoms with van der Waals surface area (Å²) in [6, 6.07) is 10.6. The molecule has 12 heteroatoms. The Morgan fingerprint density at radius 1 is 1.19 bits per heavy atom. The Hall–Kier alpha value is -3.34. The number of esters is 1. The number of hydrogen-bond acceptors (Lipinski definition) is 7. The minimum atomic E-state index is -0.513. The number of benzene rings is 2. The SMILES string of the molecule is C=CCn1c(SCC(=O)Nc2cccc(C(=O)OC)c2)nnc1[C@H](C)NC(=O)c1ccc(Cl)cc1Cl. The van der Waals surface area contributed by atoms with Crippen molar-refractivity contribution in [3.05, 3.63) is 82.1 Å². The highest BCUT2D eigenvalue weighted by molar-refractivity contribution is 7.99. The number of methoxy groups -OCH3 is 1. The highest BCUT2D eigenvalue weighted by atomic mass is 35.5. The number of allylic oxidation sites excluding steroid dienone is 1. The first-order valence-corrected chi connectivity index (χ1v) is 12.4. The summed E-state index contributed by atoms with van der Waals surface area (Å²) in [5.41, 5.74) is 1.08. The molecule has 1 atom stereocenters. The summed E-state index contributed by atoms with van der Waals surface area (Å²) in [6.45, 7) is 5.90. The van der Waals surface area contributed by atoms with Gasteiger partial charge in [0.25, 0.3) is 5.91 Å². The van der Waals surface area contributed by atoms with E-state index in [2.05, 4.69) is 27.4 Å². The highest BCUT2D eigenvalue weighted by Gasteiger charge is 2.21. The third kappa shape index (κ3) is 6.87. The average Bonchev–Trinajstić information content (AvgIpc) is 3.25. The van der Waals surface area contributed by atoms with Crippen molar-refractivity contribution in [1.82, 2.24) is 20.1 Å². The van der Waals surface area contributed by atoms with E-state index in [1.165, 1.54) is 31.0 Å². The van der Waals surface area contributed by atoms with Crippen molar-refractivity contribution in [1.29, 1.82) is 0 Å². The summed E-state index contributed by atoms with van der Waals surface area (Å²) >= 11 is 13.2. The predicted octanol–water partition coefficient (Wildman–Crippen LogP) is 4.78. The van der Waals surface area contributed by atoms with Gasteiger partial charge < -0.3 is 19.9 Å². The zero-order valence-corrected chi connectivity index (χ0v) is 21.8. The third-order valence-corrected chi connectivity index (χ3v) is 6.38. The summed E-state index contributed by atoms with van der Waals surface area (Å²) in [4.78, 5) is 36.9. The molecule has 2 N–H and O–H groups in total. The van der Waals surface area contributed by atoms with Crippen molar-refractivity contribution < 1.29 is 19.1 Å². The van der Waals surface area contributed by atoms with Gasteiger partial charge in [-0.25, -0.2) is 4.79 Å². The molecule has 2 amide bonds. The second kappa shape index (κ2) is 12.6. The largest absolute Gasteiger partial charge is 0.465 e. The highest BCUT2D eigenvalue weighted by Crippen LogP contribution is 2.24. The van der Waals surface area contributed by atoms with Gasteiger partial charge in [-0.05, 0) is 43.3 Å². The van der Waals surface area contributed by atoms with E-state index in [4.69, 9.17) is 27.9 Å². The molecular weight excluding hydrogens is 525 g/mol. The molecular formula is C24H23Cl2N5O4S. The number of carbonyl (C=O) groups is 3. The summed E-state index contributed by atoms with van der Waals surface area (Å²) in [7, 11) is 1.29. The minimum absolute atomic E-state index is 0.0405. The number of rotatable bonds is 10. The molecule has 0 fully saturated rings. The topological polar surface area (TPSA) is 115 Å². The fraction of sp³-hybridized carbons (Fsp3) is 0.208. The molecule has 188 valence electrons. The van der Waals surface area contributed by atoms with Gasteiger partial charge >= 0.3 is 5.97 Å². The lowest BCUT2D eigenvalue weighted by Crippen LogP contribution is -2.29. The molecule has 0 spiro atoms. The van der Waals surface area contributed by atoms with Crippen LogP contribution < -0.4 is 10.6 Å². The van der Waals surface area contributed by atoms with Gasteiger partial charge in [-0.3, -0.25) is 9.59 Å². The Morgan fingerprint density at radius 3 is 2.67 bits per heavy atom. The molecule has 1 aromatic heterocycles. The molecule has 0 bridgehead atoms. The van der Waals surface area contributed by atoms with E-state index in [0.717, 1.165) is 0 Å². The van der Waals surface area contributed by atoms with Gasteiger partial charge in [0.05, 0.1) is 35.1 Å². The third-order valence-electron chi connectivity index (χ3n) is 4.87. The second-order valence-corrected chi connectivity index (χ2v) is 9.25. The van der Waals surface area contributed by atoms with Crippen LogP contribution in [0.2, 0.25) is 10.0 Å². The number of ether oxygens (including phenoxy) is 1. The first kappa shape index (κ1) is 27.3. The number of thioether (sulfide) groups is 1. The number of anilines is 1. The van der Waals surface area contributed by atoms with Gasteiger partial charge in [-0.1, -0.05) is 47.1 Å². The Bertz CT molecular complexity index is 1300. The van der Waals surface area contributed by atoms with Crippen molar-refractivity contribution >= 4 is 58.4 Å². The second-order valence-electron chi connectivity index (χ2n) is 7.47. The van der Waals surface area contributed by atoms with Gasteiger partial charge in [0, 0.05) is 17.3 Å². The first-order chi connectivity index (χ1) is 17.2. The molecule has 36 heavy (non-hydrogen) atoms. The maximum atomic E-state index is 12.7. The van der Waals surface area contributed by atoms with E-state index in [9.17, 15) is 14.4 Å². The van der Waals surface area contributed by atoms with E-state index >= 15 is 0 Å². The number of halogens is 2. The molecule has 3 aromatic rings. The van der Waals surface area contributed by atoms with Gasteiger partial charge in [0.1, 0.15) is 0 Å². The van der Waals surface area contributed by atoms with Crippen molar-refractivity contribution in [2.45, 2.75) is 24.7 Å². The van der Waals surface area contributed by atoms with Crippen LogP contribution in [0.25, 0.3) is 0 Å². The molecule has 0 saturated carbocycles. The number of amides is 2. The average molecular weight is 548 g/mol. The van der Waals surface area contributed by atoms with E-state index in [1.807, 2.05) is 0 Å². The van der Waals surface area contributed by atoms with Crippen LogP contribution in [-0.4, -0.2) is 45.4 Å². The number of carbonyl (C=O) groups excluding carboxylic acids is 3. The predicted molar refractivity (Wildman–Crippen MR) is 140 cm³/mol. The molecule has 0 aliphatic heterocycles. The number of aromatic nitrogens is 3. The molecule has 3 rings (SSSR count). The lowest BCUT2D eigenvalue weighted by molar-refractivity contribution is -0.113. The molecule has 0 unspecified atom stereocenters. The smallest absolute Gasteiger partial charge is 0.337 e. The van der Waals surface area contributed by atoms with E-state index in [0.29, 0.717) is 33.8 Å². The van der Waals surface area contributed by atoms with Crippen LogP contribution in [0.3, 0.4) is 0 Å². The van der Waals surface area contributed by atoms with E-state index in [-0.39, 0.29) is 28.2 Å². The van der Waals surface area contributed by atoms with Crippen LogP contribution in [0.4, 0.5) is 5.69 Å². The minimum Gasteiger partial charge on any atom is -0.465 e. The van der Waals surface area contributed by atoms with Crippen molar-refractivity contribution in [3.63, 3.8) is 0 Å². The van der Waals surface area contributed by atoms with Crippen LogP contribution in [0.5, 0.6) is 0 Å². The normalized spacial score (nSPS) is 11.4. The van der Waals surface area contributed by atoms with Crippen molar-refractivity contribution in [2.75, 3.05) is 18.2 Å². The van der Waals surface area contributed by atoms with Gasteiger partial charge in [0.2, 0.25) is 5.91 Å². The quantitative estimate of drug-likeness (QED) is 0.213.